The van der Waals surface area contributed by atoms with Crippen molar-refractivity contribution in [1.82, 2.24) is 5.32 Å². The van der Waals surface area contributed by atoms with E-state index in [1.807, 2.05) is 19.1 Å². The predicted octanol–water partition coefficient (Wildman–Crippen LogP) is 1.30. The van der Waals surface area contributed by atoms with Crippen LogP contribution in [0.25, 0.3) is 0 Å². The summed E-state index contributed by atoms with van der Waals surface area (Å²) in [6.07, 6.45) is -0.418. The molecule has 0 fully saturated rings. The third kappa shape index (κ3) is 3.43. The molecule has 0 bridgehead atoms. The second kappa shape index (κ2) is 4.83. The monoisotopic (exact) mass is 197 g/mol. The molecule has 0 heterocycles. The molecule has 1 rings (SSSR count). The molecule has 1 aromatic carbocycles. The Morgan fingerprint density at radius 2 is 2.08 bits per heavy atom. The van der Waals surface area contributed by atoms with Crippen LogP contribution in [0.4, 0.5) is 4.79 Å². The van der Waals surface area contributed by atoms with Gasteiger partial charge >= 0.3 is 6.09 Å². The molecule has 70 valence electrons. The van der Waals surface area contributed by atoms with E-state index < -0.39 is 6.09 Å². The number of rotatable bonds is 2. The predicted molar refractivity (Wildman–Crippen MR) is 55.5 cm³/mol. The van der Waals surface area contributed by atoms with Crippen molar-refractivity contribution in [3.63, 3.8) is 0 Å². The van der Waals surface area contributed by atoms with Gasteiger partial charge in [0.15, 0.2) is 0 Å². The molecule has 0 aliphatic carbocycles. The molecule has 1 aromatic rings. The lowest BCUT2D eigenvalue weighted by molar-refractivity contribution is 0.201. The maximum Gasteiger partial charge on any atom is 0.412 e. The topological polar surface area (TPSA) is 38.3 Å². The van der Waals surface area contributed by atoms with Gasteiger partial charge in [0.25, 0.3) is 0 Å². The van der Waals surface area contributed by atoms with Crippen LogP contribution >= 0.6 is 9.24 Å². The van der Waals surface area contributed by atoms with Gasteiger partial charge in [0.1, 0.15) is 5.75 Å². The molecule has 0 aromatic heterocycles. The molecule has 4 heteroatoms. The Kier molecular flexibility index (Phi) is 3.71. The SMILES string of the molecule is CCNC(=O)Oc1ccc(P)cc1. The maximum atomic E-state index is 11.0. The highest BCUT2D eigenvalue weighted by molar-refractivity contribution is 7.27. The number of benzene rings is 1. The fourth-order valence-electron chi connectivity index (χ4n) is 0.823. The average molecular weight is 197 g/mol. The Balaban J connectivity index is 2.54. The van der Waals surface area contributed by atoms with Gasteiger partial charge in [-0.25, -0.2) is 4.79 Å². The van der Waals surface area contributed by atoms with Crippen molar-refractivity contribution in [2.75, 3.05) is 6.54 Å². The van der Waals surface area contributed by atoms with Gasteiger partial charge in [-0.2, -0.15) is 0 Å². The largest absolute Gasteiger partial charge is 0.412 e. The van der Waals surface area contributed by atoms with Crippen molar-refractivity contribution in [3.05, 3.63) is 24.3 Å². The minimum absolute atomic E-state index is 0.418. The lowest BCUT2D eigenvalue weighted by Gasteiger charge is -2.04. The van der Waals surface area contributed by atoms with Crippen LogP contribution in [0.1, 0.15) is 6.92 Å². The third-order valence-electron chi connectivity index (χ3n) is 1.41. The Morgan fingerprint density at radius 3 is 2.62 bits per heavy atom. The first-order valence-corrected chi connectivity index (χ1v) is 4.61. The Bertz CT molecular complexity index is 284. The zero-order valence-electron chi connectivity index (χ0n) is 7.41. The molecular formula is C9H12NO2P. The molecule has 0 saturated carbocycles. The van der Waals surface area contributed by atoms with Gasteiger partial charge in [-0.15, -0.1) is 9.24 Å². The number of ether oxygens (including phenoxy) is 1. The molecule has 1 amide bonds. The summed E-state index contributed by atoms with van der Waals surface area (Å²) in [7, 11) is 2.56. The first-order chi connectivity index (χ1) is 6.22. The van der Waals surface area contributed by atoms with Gasteiger partial charge in [0, 0.05) is 6.54 Å². The van der Waals surface area contributed by atoms with E-state index in [0.29, 0.717) is 12.3 Å². The molecule has 3 nitrogen and oxygen atoms in total. The van der Waals surface area contributed by atoms with Gasteiger partial charge < -0.3 is 10.1 Å². The second-order valence-corrected chi connectivity index (χ2v) is 3.16. The highest BCUT2D eigenvalue weighted by atomic mass is 31.0. The fraction of sp³-hybridized carbons (Fsp3) is 0.222. The van der Waals surface area contributed by atoms with E-state index in [-0.39, 0.29) is 0 Å². The lowest BCUT2D eigenvalue weighted by atomic mass is 10.3. The van der Waals surface area contributed by atoms with Crippen LogP contribution in [0.5, 0.6) is 5.75 Å². The van der Waals surface area contributed by atoms with Gasteiger partial charge in [0.2, 0.25) is 0 Å². The van der Waals surface area contributed by atoms with E-state index in [4.69, 9.17) is 4.74 Å². The zero-order chi connectivity index (χ0) is 9.68. The van der Waals surface area contributed by atoms with Crippen LogP contribution in [0, 0.1) is 0 Å². The molecule has 1 atom stereocenters. The zero-order valence-corrected chi connectivity index (χ0v) is 8.57. The summed E-state index contributed by atoms with van der Waals surface area (Å²) < 4.78 is 4.95. The van der Waals surface area contributed by atoms with Crippen molar-refractivity contribution in [1.29, 1.82) is 0 Å². The molecule has 13 heavy (non-hydrogen) atoms. The minimum Gasteiger partial charge on any atom is -0.410 e. The van der Waals surface area contributed by atoms with Gasteiger partial charge in [-0.3, -0.25) is 0 Å². The smallest absolute Gasteiger partial charge is 0.410 e. The lowest BCUT2D eigenvalue weighted by Crippen LogP contribution is -2.26. The summed E-state index contributed by atoms with van der Waals surface area (Å²) in [5.41, 5.74) is 0. The Labute approximate surface area is 79.7 Å². The molecule has 0 aliphatic rings. The van der Waals surface area contributed by atoms with Crippen LogP contribution in [-0.4, -0.2) is 12.6 Å². The molecule has 0 aliphatic heterocycles. The number of amides is 1. The average Bonchev–Trinajstić information content (AvgIpc) is 2.09. The summed E-state index contributed by atoms with van der Waals surface area (Å²) in [4.78, 5) is 11.0. The van der Waals surface area contributed by atoms with Crippen molar-refractivity contribution >= 4 is 20.6 Å². The Hall–Kier alpha value is -1.08. The standard InChI is InChI=1S/C9H12NO2P/c1-2-10-9(11)12-7-3-5-8(13)6-4-7/h3-6H,2,13H2,1H3,(H,10,11). The molecule has 0 saturated heterocycles. The third-order valence-corrected chi connectivity index (χ3v) is 1.80. The molecule has 1 N–H and O–H groups in total. The van der Waals surface area contributed by atoms with Crippen molar-refractivity contribution in [2.45, 2.75) is 6.92 Å². The number of carbonyl (C=O) groups is 1. The molecule has 0 spiro atoms. The second-order valence-electron chi connectivity index (χ2n) is 2.49. The minimum atomic E-state index is -0.418. The number of nitrogens with one attached hydrogen (secondary N) is 1. The normalized spacial score (nSPS) is 9.38. The number of hydrogen-bond donors (Lipinski definition) is 1. The van der Waals surface area contributed by atoms with E-state index in [0.717, 1.165) is 5.30 Å². The quantitative estimate of drug-likeness (QED) is 0.725. The summed E-state index contributed by atoms with van der Waals surface area (Å²) in [6, 6.07) is 7.22. The molecular weight excluding hydrogens is 185 g/mol. The summed E-state index contributed by atoms with van der Waals surface area (Å²) in [5, 5.41) is 3.60. The Morgan fingerprint density at radius 1 is 1.46 bits per heavy atom. The van der Waals surface area contributed by atoms with Crippen molar-refractivity contribution in [2.24, 2.45) is 0 Å². The van der Waals surface area contributed by atoms with Crippen LogP contribution in [0.15, 0.2) is 24.3 Å². The molecule has 1 unspecified atom stereocenters. The first-order valence-electron chi connectivity index (χ1n) is 4.03. The molecule has 0 radical (unpaired) electrons. The summed E-state index contributed by atoms with van der Waals surface area (Å²) in [6.45, 7) is 2.41. The van der Waals surface area contributed by atoms with Crippen LogP contribution in [0.3, 0.4) is 0 Å². The fourth-order valence-corrected chi connectivity index (χ4v) is 1.02. The highest BCUT2D eigenvalue weighted by Crippen LogP contribution is 2.08. The van der Waals surface area contributed by atoms with E-state index in [1.165, 1.54) is 0 Å². The van der Waals surface area contributed by atoms with Gasteiger partial charge in [0.05, 0.1) is 0 Å². The first kappa shape index (κ1) is 10.0. The van der Waals surface area contributed by atoms with E-state index in [1.54, 1.807) is 12.1 Å². The summed E-state index contributed by atoms with van der Waals surface area (Å²) >= 11 is 0. The van der Waals surface area contributed by atoms with E-state index >= 15 is 0 Å². The maximum absolute atomic E-state index is 11.0. The van der Waals surface area contributed by atoms with Crippen LogP contribution in [0.2, 0.25) is 0 Å². The van der Waals surface area contributed by atoms with Crippen molar-refractivity contribution in [3.8, 4) is 5.75 Å². The van der Waals surface area contributed by atoms with Gasteiger partial charge in [-0.05, 0) is 24.4 Å². The highest BCUT2D eigenvalue weighted by Gasteiger charge is 2.00. The van der Waals surface area contributed by atoms with E-state index in [2.05, 4.69) is 14.6 Å². The van der Waals surface area contributed by atoms with Crippen LogP contribution < -0.4 is 15.4 Å². The van der Waals surface area contributed by atoms with Crippen molar-refractivity contribution < 1.29 is 9.53 Å². The summed E-state index contributed by atoms with van der Waals surface area (Å²) in [5.74, 6) is 0.553. The van der Waals surface area contributed by atoms with Crippen LogP contribution in [-0.2, 0) is 0 Å². The number of carbonyl (C=O) groups excluding carboxylic acids is 1. The van der Waals surface area contributed by atoms with Gasteiger partial charge in [-0.1, -0.05) is 12.1 Å². The van der Waals surface area contributed by atoms with E-state index in [9.17, 15) is 4.79 Å². The number of hydrogen-bond acceptors (Lipinski definition) is 2.